The third kappa shape index (κ3) is 2.92. The Morgan fingerprint density at radius 2 is 2.04 bits per heavy atom. The highest BCUT2D eigenvalue weighted by Gasteiger charge is 2.52. The number of ether oxygens (including phenoxy) is 1. The van der Waals surface area contributed by atoms with Crippen molar-refractivity contribution in [3.63, 3.8) is 0 Å². The highest BCUT2D eigenvalue weighted by molar-refractivity contribution is 6.10. The maximum Gasteiger partial charge on any atom is 0.307 e. The molecule has 2 heterocycles. The number of fused-ring (bicyclic) bond motifs is 3. The molecular formula is C19H22N2O4. The molecule has 0 saturated carbocycles. The van der Waals surface area contributed by atoms with Gasteiger partial charge in [0.15, 0.2) is 0 Å². The minimum Gasteiger partial charge on any atom is -0.461 e. The largest absolute Gasteiger partial charge is 0.461 e. The van der Waals surface area contributed by atoms with Gasteiger partial charge in [-0.3, -0.25) is 19.3 Å². The van der Waals surface area contributed by atoms with Gasteiger partial charge in [0.2, 0.25) is 5.91 Å². The smallest absolute Gasteiger partial charge is 0.307 e. The SMILES string of the molecule is C=C(C)COC(=O)CCN1C(=O)c2ccccc2N2C(=O)CC[C@@]12C. The van der Waals surface area contributed by atoms with E-state index in [1.165, 1.54) is 0 Å². The van der Waals surface area contributed by atoms with Crippen LogP contribution in [0.4, 0.5) is 5.69 Å². The quantitative estimate of drug-likeness (QED) is 0.609. The normalized spacial score (nSPS) is 21.8. The zero-order valence-corrected chi connectivity index (χ0v) is 14.6. The van der Waals surface area contributed by atoms with Crippen molar-refractivity contribution in [3.05, 3.63) is 42.0 Å². The van der Waals surface area contributed by atoms with Crippen LogP contribution in [0, 0.1) is 0 Å². The van der Waals surface area contributed by atoms with E-state index in [4.69, 9.17) is 4.74 Å². The number of carbonyl (C=O) groups excluding carboxylic acids is 3. The van der Waals surface area contributed by atoms with Gasteiger partial charge in [-0.2, -0.15) is 0 Å². The standard InChI is InChI=1S/C19H22N2O4/c1-13(2)12-25-17(23)9-11-20-18(24)14-6-4-5-7-15(14)21-16(22)8-10-19(20,21)3/h4-7H,1,8-12H2,2-3H3/t19-/m0/s1. The third-order valence-electron chi connectivity index (χ3n) is 4.76. The van der Waals surface area contributed by atoms with E-state index in [0.29, 0.717) is 24.1 Å². The van der Waals surface area contributed by atoms with Crippen molar-refractivity contribution in [2.24, 2.45) is 0 Å². The van der Waals surface area contributed by atoms with Crippen LogP contribution in [0.3, 0.4) is 0 Å². The zero-order valence-electron chi connectivity index (χ0n) is 14.6. The van der Waals surface area contributed by atoms with E-state index >= 15 is 0 Å². The first-order valence-corrected chi connectivity index (χ1v) is 8.38. The monoisotopic (exact) mass is 342 g/mol. The lowest BCUT2D eigenvalue weighted by atomic mass is 9.98. The summed E-state index contributed by atoms with van der Waals surface area (Å²) in [7, 11) is 0. The number of esters is 1. The molecule has 132 valence electrons. The molecule has 0 spiro atoms. The summed E-state index contributed by atoms with van der Waals surface area (Å²) in [5.74, 6) is -0.539. The Balaban J connectivity index is 1.84. The number of hydrogen-bond acceptors (Lipinski definition) is 4. The first-order chi connectivity index (χ1) is 11.8. The predicted molar refractivity (Wildman–Crippen MR) is 93.0 cm³/mol. The van der Waals surface area contributed by atoms with Gasteiger partial charge in [0.25, 0.3) is 5.91 Å². The average molecular weight is 342 g/mol. The fraction of sp³-hybridized carbons (Fsp3) is 0.421. The van der Waals surface area contributed by atoms with Gasteiger partial charge in [-0.1, -0.05) is 18.7 Å². The number of para-hydroxylation sites is 1. The van der Waals surface area contributed by atoms with Crippen molar-refractivity contribution in [1.29, 1.82) is 0 Å². The minimum absolute atomic E-state index is 0.00249. The van der Waals surface area contributed by atoms with E-state index in [2.05, 4.69) is 6.58 Å². The number of carbonyl (C=O) groups is 3. The second-order valence-electron chi connectivity index (χ2n) is 6.79. The van der Waals surface area contributed by atoms with Crippen LogP contribution in [0.1, 0.15) is 43.5 Å². The summed E-state index contributed by atoms with van der Waals surface area (Å²) in [5.41, 5.74) is 1.16. The van der Waals surface area contributed by atoms with Crippen molar-refractivity contribution < 1.29 is 19.1 Å². The summed E-state index contributed by atoms with van der Waals surface area (Å²) in [6.45, 7) is 7.74. The van der Waals surface area contributed by atoms with Crippen LogP contribution in [-0.2, 0) is 14.3 Å². The van der Waals surface area contributed by atoms with Crippen molar-refractivity contribution in [3.8, 4) is 0 Å². The topological polar surface area (TPSA) is 66.9 Å². The Bertz CT molecular complexity index is 758. The van der Waals surface area contributed by atoms with Gasteiger partial charge in [-0.25, -0.2) is 0 Å². The second-order valence-corrected chi connectivity index (χ2v) is 6.79. The lowest BCUT2D eigenvalue weighted by Gasteiger charge is -2.48. The molecule has 0 aromatic heterocycles. The maximum atomic E-state index is 13.0. The number of hydrogen-bond donors (Lipinski definition) is 0. The molecule has 6 heteroatoms. The number of anilines is 1. The molecule has 0 aliphatic carbocycles. The highest BCUT2D eigenvalue weighted by atomic mass is 16.5. The zero-order chi connectivity index (χ0) is 18.2. The van der Waals surface area contributed by atoms with E-state index in [9.17, 15) is 14.4 Å². The summed E-state index contributed by atoms with van der Waals surface area (Å²) in [6, 6.07) is 7.12. The fourth-order valence-electron chi connectivity index (χ4n) is 3.52. The number of amides is 2. The summed E-state index contributed by atoms with van der Waals surface area (Å²) in [4.78, 5) is 40.6. The van der Waals surface area contributed by atoms with Crippen molar-refractivity contribution in [2.75, 3.05) is 18.1 Å². The average Bonchev–Trinajstić information content (AvgIpc) is 2.88. The summed E-state index contributed by atoms with van der Waals surface area (Å²) < 4.78 is 5.11. The van der Waals surface area contributed by atoms with E-state index < -0.39 is 5.66 Å². The van der Waals surface area contributed by atoms with Gasteiger partial charge in [0.1, 0.15) is 12.3 Å². The molecule has 6 nitrogen and oxygen atoms in total. The van der Waals surface area contributed by atoms with Crippen LogP contribution in [0.5, 0.6) is 0 Å². The van der Waals surface area contributed by atoms with E-state index in [1.54, 1.807) is 34.9 Å². The molecule has 3 rings (SSSR count). The van der Waals surface area contributed by atoms with Crippen molar-refractivity contribution >= 4 is 23.5 Å². The lowest BCUT2D eigenvalue weighted by Crippen LogP contribution is -2.62. The van der Waals surface area contributed by atoms with Crippen LogP contribution in [-0.4, -0.2) is 41.5 Å². The van der Waals surface area contributed by atoms with E-state index in [0.717, 1.165) is 5.57 Å². The van der Waals surface area contributed by atoms with E-state index in [-0.39, 0.29) is 37.4 Å². The van der Waals surface area contributed by atoms with Crippen LogP contribution in [0.2, 0.25) is 0 Å². The summed E-state index contributed by atoms with van der Waals surface area (Å²) in [6.07, 6.45) is 1.01. The fourth-order valence-corrected chi connectivity index (χ4v) is 3.52. The maximum absolute atomic E-state index is 13.0. The van der Waals surface area contributed by atoms with Crippen molar-refractivity contribution in [2.45, 2.75) is 38.8 Å². The second kappa shape index (κ2) is 6.35. The third-order valence-corrected chi connectivity index (χ3v) is 4.76. The Morgan fingerprint density at radius 3 is 2.76 bits per heavy atom. The molecule has 1 atom stereocenters. The lowest BCUT2D eigenvalue weighted by molar-refractivity contribution is -0.143. The van der Waals surface area contributed by atoms with Gasteiger partial charge in [0.05, 0.1) is 17.7 Å². The molecule has 1 aromatic rings. The van der Waals surface area contributed by atoms with Crippen molar-refractivity contribution in [1.82, 2.24) is 4.90 Å². The summed E-state index contributed by atoms with van der Waals surface area (Å²) in [5, 5.41) is 0. The Morgan fingerprint density at radius 1 is 1.32 bits per heavy atom. The van der Waals surface area contributed by atoms with Crippen LogP contribution in [0.15, 0.2) is 36.4 Å². The molecule has 2 aliphatic heterocycles. The predicted octanol–water partition coefficient (Wildman–Crippen LogP) is 2.49. The molecule has 0 bridgehead atoms. The Kier molecular flexibility index (Phi) is 4.37. The first-order valence-electron chi connectivity index (χ1n) is 8.38. The van der Waals surface area contributed by atoms with Gasteiger partial charge in [-0.15, -0.1) is 0 Å². The molecule has 2 amide bonds. The molecule has 0 radical (unpaired) electrons. The highest BCUT2D eigenvalue weighted by Crippen LogP contribution is 2.43. The van der Waals surface area contributed by atoms with Crippen LogP contribution < -0.4 is 4.90 Å². The number of nitrogens with zero attached hydrogens (tertiary/aromatic N) is 2. The number of rotatable bonds is 5. The molecule has 1 aromatic carbocycles. The van der Waals surface area contributed by atoms with Gasteiger partial charge in [-0.05, 0) is 38.0 Å². The van der Waals surface area contributed by atoms with Gasteiger partial charge < -0.3 is 9.64 Å². The first kappa shape index (κ1) is 17.2. The number of benzene rings is 1. The molecule has 0 N–H and O–H groups in total. The summed E-state index contributed by atoms with van der Waals surface area (Å²) >= 11 is 0. The molecule has 25 heavy (non-hydrogen) atoms. The van der Waals surface area contributed by atoms with E-state index in [1.807, 2.05) is 13.0 Å². The van der Waals surface area contributed by atoms with Crippen LogP contribution >= 0.6 is 0 Å². The molecule has 0 unspecified atom stereocenters. The molecule has 2 aliphatic rings. The minimum atomic E-state index is -0.739. The molecule has 1 fully saturated rings. The van der Waals surface area contributed by atoms with Gasteiger partial charge in [0, 0.05) is 13.0 Å². The molecular weight excluding hydrogens is 320 g/mol. The van der Waals surface area contributed by atoms with Gasteiger partial charge >= 0.3 is 5.97 Å². The molecule has 1 saturated heterocycles. The Hall–Kier alpha value is -2.63. The van der Waals surface area contributed by atoms with Crippen LogP contribution in [0.25, 0.3) is 0 Å². The Labute approximate surface area is 147 Å².